The van der Waals surface area contributed by atoms with Crippen molar-refractivity contribution in [1.29, 1.82) is 0 Å². The summed E-state index contributed by atoms with van der Waals surface area (Å²) in [6.45, 7) is 0. The first-order chi connectivity index (χ1) is 8.72. The standard InChI is InChI=1S/C14H11NO3/c1-17-10-6-7-11-12(13(10)14(15)16)8-4-2-3-5-9(8)18-11/h2-7H,1H3,(H2,15,16). The summed E-state index contributed by atoms with van der Waals surface area (Å²) in [6, 6.07) is 11.0. The van der Waals surface area contributed by atoms with Crippen LogP contribution in [-0.4, -0.2) is 13.0 Å². The maximum atomic E-state index is 11.6. The van der Waals surface area contributed by atoms with E-state index in [0.717, 1.165) is 11.0 Å². The third-order valence-corrected chi connectivity index (χ3v) is 2.97. The van der Waals surface area contributed by atoms with Crippen LogP contribution < -0.4 is 10.5 Å². The average molecular weight is 241 g/mol. The number of hydrogen-bond donors (Lipinski definition) is 1. The van der Waals surface area contributed by atoms with Crippen molar-refractivity contribution in [3.05, 3.63) is 42.0 Å². The van der Waals surface area contributed by atoms with Gasteiger partial charge in [-0.1, -0.05) is 18.2 Å². The SMILES string of the molecule is COc1ccc2oc3ccccc3c2c1C(N)=O. The molecule has 0 fully saturated rings. The molecule has 0 unspecified atom stereocenters. The zero-order valence-corrected chi connectivity index (χ0v) is 9.77. The number of furan rings is 1. The van der Waals surface area contributed by atoms with Crippen LogP contribution >= 0.6 is 0 Å². The second-order valence-electron chi connectivity index (χ2n) is 3.98. The molecule has 4 heteroatoms. The van der Waals surface area contributed by atoms with E-state index >= 15 is 0 Å². The van der Waals surface area contributed by atoms with Crippen molar-refractivity contribution in [2.45, 2.75) is 0 Å². The van der Waals surface area contributed by atoms with Gasteiger partial charge in [0.1, 0.15) is 16.9 Å². The third kappa shape index (κ3) is 1.35. The number of hydrogen-bond acceptors (Lipinski definition) is 3. The molecule has 0 aliphatic carbocycles. The van der Waals surface area contributed by atoms with Crippen LogP contribution in [0.3, 0.4) is 0 Å². The summed E-state index contributed by atoms with van der Waals surface area (Å²) in [5, 5.41) is 1.57. The number of methoxy groups -OCH3 is 1. The highest BCUT2D eigenvalue weighted by atomic mass is 16.5. The van der Waals surface area contributed by atoms with Gasteiger partial charge in [-0.15, -0.1) is 0 Å². The smallest absolute Gasteiger partial charge is 0.253 e. The van der Waals surface area contributed by atoms with Gasteiger partial charge in [0.25, 0.3) is 5.91 Å². The van der Waals surface area contributed by atoms with E-state index in [9.17, 15) is 4.79 Å². The molecule has 0 aliphatic heterocycles. The van der Waals surface area contributed by atoms with Gasteiger partial charge in [-0.2, -0.15) is 0 Å². The lowest BCUT2D eigenvalue weighted by Crippen LogP contribution is -2.12. The number of fused-ring (bicyclic) bond motifs is 3. The van der Waals surface area contributed by atoms with Crippen LogP contribution in [0.4, 0.5) is 0 Å². The van der Waals surface area contributed by atoms with Crippen molar-refractivity contribution in [2.75, 3.05) is 7.11 Å². The predicted molar refractivity (Wildman–Crippen MR) is 68.8 cm³/mol. The Bertz CT molecular complexity index is 758. The Labute approximate surface area is 103 Å². The van der Waals surface area contributed by atoms with E-state index in [1.807, 2.05) is 24.3 Å². The number of benzene rings is 2. The molecule has 3 aromatic rings. The molecule has 0 spiro atoms. The van der Waals surface area contributed by atoms with Gasteiger partial charge in [0.05, 0.1) is 12.7 Å². The number of carbonyl (C=O) groups excluding carboxylic acids is 1. The first-order valence-corrected chi connectivity index (χ1v) is 5.50. The minimum Gasteiger partial charge on any atom is -0.496 e. The number of para-hydroxylation sites is 1. The Balaban J connectivity index is 2.55. The molecule has 0 saturated carbocycles. The lowest BCUT2D eigenvalue weighted by molar-refractivity contribution is 0.0999. The largest absolute Gasteiger partial charge is 0.496 e. The number of ether oxygens (including phenoxy) is 1. The van der Waals surface area contributed by atoms with Gasteiger partial charge in [0, 0.05) is 10.8 Å². The predicted octanol–water partition coefficient (Wildman–Crippen LogP) is 2.69. The van der Waals surface area contributed by atoms with Crippen molar-refractivity contribution < 1.29 is 13.9 Å². The van der Waals surface area contributed by atoms with Crippen molar-refractivity contribution in [1.82, 2.24) is 0 Å². The van der Waals surface area contributed by atoms with Crippen molar-refractivity contribution in [3.63, 3.8) is 0 Å². The number of primary amides is 1. The van der Waals surface area contributed by atoms with Crippen LogP contribution in [0, 0.1) is 0 Å². The minimum absolute atomic E-state index is 0.361. The highest BCUT2D eigenvalue weighted by molar-refractivity contribution is 6.17. The van der Waals surface area contributed by atoms with Gasteiger partial charge in [0.2, 0.25) is 0 Å². The number of nitrogens with two attached hydrogens (primary N) is 1. The van der Waals surface area contributed by atoms with E-state index in [2.05, 4.69) is 0 Å². The maximum Gasteiger partial charge on any atom is 0.253 e. The molecule has 0 atom stereocenters. The highest BCUT2D eigenvalue weighted by Crippen LogP contribution is 2.35. The van der Waals surface area contributed by atoms with Crippen molar-refractivity contribution in [3.8, 4) is 5.75 Å². The average Bonchev–Trinajstić information content (AvgIpc) is 2.75. The molecule has 1 aromatic heterocycles. The quantitative estimate of drug-likeness (QED) is 0.750. The Morgan fingerprint density at radius 3 is 2.67 bits per heavy atom. The molecular weight excluding hydrogens is 230 g/mol. The van der Waals surface area contributed by atoms with E-state index in [4.69, 9.17) is 14.9 Å². The zero-order valence-electron chi connectivity index (χ0n) is 9.77. The van der Waals surface area contributed by atoms with Crippen LogP contribution in [-0.2, 0) is 0 Å². The Kier molecular flexibility index (Phi) is 2.23. The van der Waals surface area contributed by atoms with Gasteiger partial charge in [-0.05, 0) is 18.2 Å². The van der Waals surface area contributed by atoms with Crippen LogP contribution in [0.1, 0.15) is 10.4 Å². The van der Waals surface area contributed by atoms with Gasteiger partial charge < -0.3 is 14.9 Å². The molecule has 0 radical (unpaired) electrons. The number of rotatable bonds is 2. The normalized spacial score (nSPS) is 10.9. The van der Waals surface area contributed by atoms with Crippen LogP contribution in [0.15, 0.2) is 40.8 Å². The van der Waals surface area contributed by atoms with Gasteiger partial charge >= 0.3 is 0 Å². The fraction of sp³-hybridized carbons (Fsp3) is 0.0714. The van der Waals surface area contributed by atoms with E-state index < -0.39 is 5.91 Å². The summed E-state index contributed by atoms with van der Waals surface area (Å²) in [5.74, 6) is -0.0643. The molecule has 2 N–H and O–H groups in total. The summed E-state index contributed by atoms with van der Waals surface area (Å²) >= 11 is 0. The molecule has 4 nitrogen and oxygen atoms in total. The summed E-state index contributed by atoms with van der Waals surface area (Å²) in [7, 11) is 1.51. The molecule has 0 saturated heterocycles. The summed E-state index contributed by atoms with van der Waals surface area (Å²) in [5.41, 5.74) is 7.16. The van der Waals surface area contributed by atoms with Gasteiger partial charge in [-0.25, -0.2) is 0 Å². The molecule has 0 aliphatic rings. The second-order valence-corrected chi connectivity index (χ2v) is 3.98. The van der Waals surface area contributed by atoms with E-state index in [1.165, 1.54) is 7.11 Å². The molecule has 90 valence electrons. The minimum atomic E-state index is -0.524. The van der Waals surface area contributed by atoms with Crippen LogP contribution in [0.5, 0.6) is 5.75 Å². The third-order valence-electron chi connectivity index (χ3n) is 2.97. The maximum absolute atomic E-state index is 11.6. The summed E-state index contributed by atoms with van der Waals surface area (Å²) in [6.07, 6.45) is 0. The van der Waals surface area contributed by atoms with Gasteiger partial charge in [-0.3, -0.25) is 4.79 Å². The molecule has 1 amide bonds. The Hall–Kier alpha value is -2.49. The molecule has 0 bridgehead atoms. The lowest BCUT2D eigenvalue weighted by atomic mass is 10.0. The van der Waals surface area contributed by atoms with E-state index in [1.54, 1.807) is 12.1 Å². The van der Waals surface area contributed by atoms with Crippen LogP contribution in [0.2, 0.25) is 0 Å². The molecule has 1 heterocycles. The number of amides is 1. The Morgan fingerprint density at radius 2 is 1.94 bits per heavy atom. The first kappa shape index (κ1) is 10.7. The fourth-order valence-electron chi connectivity index (χ4n) is 2.21. The number of carbonyl (C=O) groups is 1. The van der Waals surface area contributed by atoms with E-state index in [-0.39, 0.29) is 0 Å². The molecule has 18 heavy (non-hydrogen) atoms. The fourth-order valence-corrected chi connectivity index (χ4v) is 2.21. The zero-order chi connectivity index (χ0) is 12.7. The second kappa shape index (κ2) is 3.77. The molecule has 2 aromatic carbocycles. The first-order valence-electron chi connectivity index (χ1n) is 5.50. The van der Waals surface area contributed by atoms with E-state index in [0.29, 0.717) is 22.3 Å². The summed E-state index contributed by atoms with van der Waals surface area (Å²) < 4.78 is 10.9. The summed E-state index contributed by atoms with van der Waals surface area (Å²) in [4.78, 5) is 11.6. The highest BCUT2D eigenvalue weighted by Gasteiger charge is 2.18. The van der Waals surface area contributed by atoms with Crippen LogP contribution in [0.25, 0.3) is 21.9 Å². The lowest BCUT2D eigenvalue weighted by Gasteiger charge is -2.05. The monoisotopic (exact) mass is 241 g/mol. The van der Waals surface area contributed by atoms with Crippen molar-refractivity contribution in [2.24, 2.45) is 5.73 Å². The molecular formula is C14H11NO3. The van der Waals surface area contributed by atoms with Gasteiger partial charge in [0.15, 0.2) is 0 Å². The molecule has 3 rings (SSSR count). The van der Waals surface area contributed by atoms with Crippen molar-refractivity contribution >= 4 is 27.8 Å². The Morgan fingerprint density at radius 1 is 1.17 bits per heavy atom. The topological polar surface area (TPSA) is 65.5 Å².